The van der Waals surface area contributed by atoms with Gasteiger partial charge in [0.2, 0.25) is 5.78 Å². The number of Topliss-reactive ketones (excluding diaryl/α,β-unsaturated/α-hetero) is 1. The Morgan fingerprint density at radius 1 is 0.952 bits per heavy atom. The average molecular weight is 298 g/mol. The van der Waals surface area contributed by atoms with E-state index in [1.807, 2.05) is 0 Å². The Hall–Kier alpha value is -2.37. The Morgan fingerprint density at radius 2 is 1.52 bits per heavy atom. The van der Waals surface area contributed by atoms with Gasteiger partial charge in [-0.15, -0.1) is 0 Å². The van der Waals surface area contributed by atoms with Crippen LogP contribution in [0.3, 0.4) is 0 Å². The van der Waals surface area contributed by atoms with Gasteiger partial charge in [-0.25, -0.2) is 17.6 Å². The van der Waals surface area contributed by atoms with E-state index in [0.29, 0.717) is 12.1 Å². The van der Waals surface area contributed by atoms with Crippen LogP contribution in [-0.4, -0.2) is 11.9 Å². The molecule has 0 spiro atoms. The summed E-state index contributed by atoms with van der Waals surface area (Å²) in [6.45, 7) is 1.29. The first-order chi connectivity index (χ1) is 9.88. The van der Waals surface area contributed by atoms with Gasteiger partial charge in [0.05, 0.1) is 5.56 Å². The van der Waals surface area contributed by atoms with Gasteiger partial charge in [-0.2, -0.15) is 0 Å². The van der Waals surface area contributed by atoms with E-state index in [1.54, 1.807) is 0 Å². The predicted octanol–water partition coefficient (Wildman–Crippen LogP) is 3.89. The van der Waals surface area contributed by atoms with Crippen molar-refractivity contribution in [2.24, 2.45) is 0 Å². The maximum absolute atomic E-state index is 13.5. The van der Waals surface area contributed by atoms with Crippen molar-refractivity contribution in [2.75, 3.05) is 0 Å². The van der Waals surface area contributed by atoms with E-state index in [4.69, 9.17) is 4.74 Å². The van der Waals surface area contributed by atoms with E-state index >= 15 is 0 Å². The van der Waals surface area contributed by atoms with Gasteiger partial charge in [0, 0.05) is 12.1 Å². The molecule has 1 atom stereocenters. The normalized spacial score (nSPS) is 12.0. The molecule has 0 fully saturated rings. The molecule has 0 bridgehead atoms. The van der Waals surface area contributed by atoms with Crippen LogP contribution < -0.4 is 4.74 Å². The summed E-state index contributed by atoms with van der Waals surface area (Å²) in [5, 5.41) is 0. The zero-order valence-corrected chi connectivity index (χ0v) is 10.9. The summed E-state index contributed by atoms with van der Waals surface area (Å²) in [6, 6.07) is 5.07. The van der Waals surface area contributed by atoms with Crippen LogP contribution in [0.4, 0.5) is 17.6 Å². The van der Waals surface area contributed by atoms with E-state index in [9.17, 15) is 22.4 Å². The number of carbonyl (C=O) groups is 1. The largest absolute Gasteiger partial charge is 0.479 e. The lowest BCUT2D eigenvalue weighted by Crippen LogP contribution is -2.25. The Balaban J connectivity index is 2.19. The van der Waals surface area contributed by atoms with Crippen molar-refractivity contribution < 1.29 is 27.1 Å². The molecule has 0 aliphatic carbocycles. The van der Waals surface area contributed by atoms with Gasteiger partial charge >= 0.3 is 0 Å². The minimum absolute atomic E-state index is 0.334. The van der Waals surface area contributed by atoms with Crippen LogP contribution in [0.15, 0.2) is 36.4 Å². The van der Waals surface area contributed by atoms with Crippen LogP contribution in [0, 0.1) is 23.3 Å². The molecule has 0 amide bonds. The number of rotatable bonds is 4. The first kappa shape index (κ1) is 15.0. The zero-order valence-electron chi connectivity index (χ0n) is 10.9. The van der Waals surface area contributed by atoms with Crippen LogP contribution in [0.1, 0.15) is 17.3 Å². The molecule has 2 nitrogen and oxygen atoms in total. The van der Waals surface area contributed by atoms with Crippen LogP contribution in [0.2, 0.25) is 0 Å². The topological polar surface area (TPSA) is 26.3 Å². The lowest BCUT2D eigenvalue weighted by Gasteiger charge is -2.14. The Morgan fingerprint density at radius 3 is 2.10 bits per heavy atom. The van der Waals surface area contributed by atoms with Crippen molar-refractivity contribution in [3.63, 3.8) is 0 Å². The molecule has 1 unspecified atom stereocenters. The lowest BCUT2D eigenvalue weighted by atomic mass is 10.1. The Bertz CT molecular complexity index is 685. The van der Waals surface area contributed by atoms with Gasteiger partial charge in [-0.1, -0.05) is 0 Å². The minimum Gasteiger partial charge on any atom is -0.479 e. The van der Waals surface area contributed by atoms with Crippen LogP contribution in [0.5, 0.6) is 5.75 Å². The molecular weight excluding hydrogens is 288 g/mol. The maximum atomic E-state index is 13.5. The second-order valence-electron chi connectivity index (χ2n) is 4.32. The summed E-state index contributed by atoms with van der Waals surface area (Å²) in [5.74, 6) is -4.73. The highest BCUT2D eigenvalue weighted by Gasteiger charge is 2.22. The highest BCUT2D eigenvalue weighted by molar-refractivity contribution is 5.99. The molecule has 21 heavy (non-hydrogen) atoms. The number of carbonyl (C=O) groups excluding carboxylic acids is 1. The maximum Gasteiger partial charge on any atom is 0.205 e. The first-order valence-electron chi connectivity index (χ1n) is 5.99. The third kappa shape index (κ3) is 3.39. The van der Waals surface area contributed by atoms with Crippen LogP contribution >= 0.6 is 0 Å². The molecule has 0 saturated heterocycles. The first-order valence-corrected chi connectivity index (χ1v) is 5.99. The number of ketones is 1. The zero-order chi connectivity index (χ0) is 15.6. The highest BCUT2D eigenvalue weighted by atomic mass is 19.1. The van der Waals surface area contributed by atoms with Gasteiger partial charge in [0.25, 0.3) is 0 Å². The Labute approximate surface area is 118 Å². The molecule has 0 saturated carbocycles. The van der Waals surface area contributed by atoms with Gasteiger partial charge in [-0.05, 0) is 31.2 Å². The van der Waals surface area contributed by atoms with Crippen molar-refractivity contribution >= 4 is 5.78 Å². The summed E-state index contributed by atoms with van der Waals surface area (Å²) < 4.78 is 57.5. The quantitative estimate of drug-likeness (QED) is 0.632. The summed E-state index contributed by atoms with van der Waals surface area (Å²) in [6.07, 6.45) is -1.22. The number of ether oxygens (including phenoxy) is 1. The predicted molar refractivity (Wildman–Crippen MR) is 67.1 cm³/mol. The molecule has 0 N–H and O–H groups in total. The molecule has 2 aromatic carbocycles. The van der Waals surface area contributed by atoms with Gasteiger partial charge in [0.1, 0.15) is 17.5 Å². The van der Waals surface area contributed by atoms with Crippen molar-refractivity contribution in [1.82, 2.24) is 0 Å². The van der Waals surface area contributed by atoms with E-state index in [2.05, 4.69) is 0 Å². The molecule has 0 aliphatic rings. The summed E-state index contributed by atoms with van der Waals surface area (Å²) in [4.78, 5) is 12.0. The van der Waals surface area contributed by atoms with Gasteiger partial charge in [0.15, 0.2) is 17.7 Å². The van der Waals surface area contributed by atoms with Crippen LogP contribution in [-0.2, 0) is 0 Å². The number of halogens is 4. The second kappa shape index (κ2) is 5.95. The molecule has 0 aliphatic heterocycles. The fourth-order valence-corrected chi connectivity index (χ4v) is 1.72. The molecule has 0 aromatic heterocycles. The number of benzene rings is 2. The molecule has 0 radical (unpaired) electrons. The van der Waals surface area contributed by atoms with Crippen molar-refractivity contribution in [3.05, 3.63) is 65.2 Å². The SMILES string of the molecule is CC(Oc1ccc(F)cc1F)C(=O)c1ccc(F)cc1F. The monoisotopic (exact) mass is 298 g/mol. The van der Waals surface area contributed by atoms with Gasteiger partial charge < -0.3 is 4.74 Å². The van der Waals surface area contributed by atoms with E-state index in [1.165, 1.54) is 6.92 Å². The van der Waals surface area contributed by atoms with Crippen molar-refractivity contribution in [3.8, 4) is 5.75 Å². The van der Waals surface area contributed by atoms with E-state index in [0.717, 1.165) is 24.3 Å². The standard InChI is InChI=1S/C15H10F4O2/c1-8(21-14-5-3-10(17)7-13(14)19)15(20)11-4-2-9(16)6-12(11)18/h2-8H,1H3. The fourth-order valence-electron chi connectivity index (χ4n) is 1.72. The second-order valence-corrected chi connectivity index (χ2v) is 4.32. The summed E-state index contributed by atoms with van der Waals surface area (Å²) in [5.41, 5.74) is -0.369. The molecule has 2 rings (SSSR count). The summed E-state index contributed by atoms with van der Waals surface area (Å²) >= 11 is 0. The lowest BCUT2D eigenvalue weighted by molar-refractivity contribution is 0.0807. The van der Waals surface area contributed by atoms with E-state index < -0.39 is 35.2 Å². The minimum atomic E-state index is -1.22. The smallest absolute Gasteiger partial charge is 0.205 e. The molecule has 0 heterocycles. The highest BCUT2D eigenvalue weighted by Crippen LogP contribution is 2.21. The van der Waals surface area contributed by atoms with E-state index in [-0.39, 0.29) is 11.3 Å². The van der Waals surface area contributed by atoms with Crippen LogP contribution in [0.25, 0.3) is 0 Å². The van der Waals surface area contributed by atoms with Crippen molar-refractivity contribution in [1.29, 1.82) is 0 Å². The Kier molecular flexibility index (Phi) is 4.26. The number of hydrogen-bond donors (Lipinski definition) is 0. The fraction of sp³-hybridized carbons (Fsp3) is 0.133. The van der Waals surface area contributed by atoms with Gasteiger partial charge in [-0.3, -0.25) is 4.79 Å². The number of hydrogen-bond acceptors (Lipinski definition) is 2. The average Bonchev–Trinajstić information content (AvgIpc) is 2.41. The van der Waals surface area contributed by atoms with Crippen molar-refractivity contribution in [2.45, 2.75) is 13.0 Å². The molecule has 6 heteroatoms. The third-order valence-electron chi connectivity index (χ3n) is 2.76. The summed E-state index contributed by atoms with van der Waals surface area (Å²) in [7, 11) is 0. The molecule has 110 valence electrons. The molecular formula is C15H10F4O2. The molecule has 2 aromatic rings. The third-order valence-corrected chi connectivity index (χ3v) is 2.76.